The van der Waals surface area contributed by atoms with Crippen LogP contribution in [0.15, 0.2) is 12.7 Å². The van der Waals surface area contributed by atoms with Gasteiger partial charge in [0.25, 0.3) is 0 Å². The van der Waals surface area contributed by atoms with Crippen molar-refractivity contribution in [1.82, 2.24) is 0 Å². The summed E-state index contributed by atoms with van der Waals surface area (Å²) in [5.41, 5.74) is 0.0308. The van der Waals surface area contributed by atoms with E-state index in [0.29, 0.717) is 13.2 Å². The Morgan fingerprint density at radius 1 is 1.50 bits per heavy atom. The molecular formula is C9H17O3PS. The van der Waals surface area contributed by atoms with E-state index >= 15 is 0 Å². The van der Waals surface area contributed by atoms with Crippen LogP contribution in [-0.4, -0.2) is 19.3 Å². The van der Waals surface area contributed by atoms with Crippen LogP contribution in [-0.2, 0) is 25.4 Å². The van der Waals surface area contributed by atoms with Crippen molar-refractivity contribution in [3.8, 4) is 0 Å². The van der Waals surface area contributed by atoms with Crippen LogP contribution < -0.4 is 0 Å². The highest BCUT2D eigenvalue weighted by Gasteiger charge is 2.34. The summed E-state index contributed by atoms with van der Waals surface area (Å²) in [6, 6.07) is 0. The van der Waals surface area contributed by atoms with Crippen LogP contribution in [0.4, 0.5) is 0 Å². The van der Waals surface area contributed by atoms with E-state index in [1.165, 1.54) is 0 Å². The maximum Gasteiger partial charge on any atom is 0.327 e. The SMILES string of the molecule is C=CC(C)OP1(=S)OCC(C)(C)CO1. The van der Waals surface area contributed by atoms with Crippen LogP contribution in [0.2, 0.25) is 0 Å². The highest BCUT2D eigenvalue weighted by atomic mass is 32.5. The fourth-order valence-electron chi connectivity index (χ4n) is 0.894. The van der Waals surface area contributed by atoms with Gasteiger partial charge in [0, 0.05) is 5.41 Å². The van der Waals surface area contributed by atoms with E-state index in [0.717, 1.165) is 0 Å². The zero-order chi connectivity index (χ0) is 10.8. The third kappa shape index (κ3) is 3.44. The van der Waals surface area contributed by atoms with Gasteiger partial charge in [-0.15, -0.1) is 6.58 Å². The molecule has 1 fully saturated rings. The van der Waals surface area contributed by atoms with Crippen molar-refractivity contribution < 1.29 is 13.6 Å². The molecule has 0 aromatic heterocycles. The Morgan fingerprint density at radius 3 is 2.43 bits per heavy atom. The first kappa shape index (κ1) is 12.3. The Labute approximate surface area is 90.7 Å². The molecule has 14 heavy (non-hydrogen) atoms. The molecule has 82 valence electrons. The van der Waals surface area contributed by atoms with Crippen molar-refractivity contribution in [2.24, 2.45) is 5.41 Å². The molecule has 0 aliphatic carbocycles. The Kier molecular flexibility index (Phi) is 3.89. The number of hydrogen-bond acceptors (Lipinski definition) is 4. The van der Waals surface area contributed by atoms with E-state index in [4.69, 9.17) is 25.4 Å². The van der Waals surface area contributed by atoms with Gasteiger partial charge < -0.3 is 13.6 Å². The van der Waals surface area contributed by atoms with Crippen LogP contribution in [0.1, 0.15) is 20.8 Å². The van der Waals surface area contributed by atoms with Crippen LogP contribution in [0.5, 0.6) is 0 Å². The molecule has 1 saturated heterocycles. The molecule has 1 rings (SSSR count). The molecule has 1 atom stereocenters. The lowest BCUT2D eigenvalue weighted by atomic mass is 9.97. The Balaban J connectivity index is 2.54. The standard InChI is InChI=1S/C9H17O3PS/c1-5-8(2)12-13(14)10-6-9(3,4)7-11-13/h5,8H,1,6-7H2,2-4H3. The second-order valence-electron chi connectivity index (χ2n) is 4.20. The summed E-state index contributed by atoms with van der Waals surface area (Å²) >= 11 is 5.20. The van der Waals surface area contributed by atoms with Gasteiger partial charge in [0.05, 0.1) is 19.3 Å². The van der Waals surface area contributed by atoms with E-state index in [1.807, 2.05) is 6.92 Å². The average molecular weight is 236 g/mol. The lowest BCUT2D eigenvalue weighted by molar-refractivity contribution is 0.0206. The molecule has 1 heterocycles. The fourth-order valence-corrected chi connectivity index (χ4v) is 3.32. The molecule has 0 spiro atoms. The topological polar surface area (TPSA) is 27.7 Å². The van der Waals surface area contributed by atoms with Crippen LogP contribution in [0.3, 0.4) is 0 Å². The quantitative estimate of drug-likeness (QED) is 0.556. The van der Waals surface area contributed by atoms with E-state index in [1.54, 1.807) is 6.08 Å². The van der Waals surface area contributed by atoms with Crippen molar-refractivity contribution in [3.05, 3.63) is 12.7 Å². The monoisotopic (exact) mass is 236 g/mol. The normalized spacial score (nSPS) is 26.8. The molecule has 0 radical (unpaired) electrons. The van der Waals surface area contributed by atoms with Gasteiger partial charge in [0.1, 0.15) is 0 Å². The predicted molar refractivity (Wildman–Crippen MR) is 60.7 cm³/mol. The smallest absolute Gasteiger partial charge is 0.308 e. The van der Waals surface area contributed by atoms with Gasteiger partial charge in [-0.2, -0.15) is 0 Å². The molecule has 0 aromatic rings. The molecule has 1 aliphatic rings. The minimum atomic E-state index is -2.50. The number of hydrogen-bond donors (Lipinski definition) is 0. The minimum Gasteiger partial charge on any atom is -0.308 e. The van der Waals surface area contributed by atoms with Gasteiger partial charge in [-0.3, -0.25) is 0 Å². The molecule has 5 heteroatoms. The minimum absolute atomic E-state index is 0.0308. The van der Waals surface area contributed by atoms with Gasteiger partial charge >= 0.3 is 6.72 Å². The maximum absolute atomic E-state index is 5.49. The summed E-state index contributed by atoms with van der Waals surface area (Å²) in [7, 11) is 0. The molecule has 0 aromatic carbocycles. The third-order valence-corrected chi connectivity index (χ3v) is 4.23. The molecular weight excluding hydrogens is 219 g/mol. The zero-order valence-electron chi connectivity index (χ0n) is 8.86. The lowest BCUT2D eigenvalue weighted by Crippen LogP contribution is -2.30. The first-order valence-corrected chi connectivity index (χ1v) is 7.13. The van der Waals surface area contributed by atoms with Crippen LogP contribution >= 0.6 is 6.72 Å². The average Bonchev–Trinajstić information content (AvgIpc) is 2.11. The summed E-state index contributed by atoms with van der Waals surface area (Å²) in [4.78, 5) is 0. The third-order valence-electron chi connectivity index (χ3n) is 1.85. The second-order valence-corrected chi connectivity index (χ2v) is 7.17. The predicted octanol–water partition coefficient (Wildman–Crippen LogP) is 2.88. The van der Waals surface area contributed by atoms with E-state index in [-0.39, 0.29) is 11.5 Å². The molecule has 0 amide bonds. The van der Waals surface area contributed by atoms with Crippen molar-refractivity contribution >= 4 is 18.5 Å². The molecule has 1 unspecified atom stereocenters. The van der Waals surface area contributed by atoms with E-state index in [2.05, 4.69) is 20.4 Å². The second kappa shape index (κ2) is 4.42. The van der Waals surface area contributed by atoms with Gasteiger partial charge in [-0.25, -0.2) is 0 Å². The first-order chi connectivity index (χ1) is 6.37. The summed E-state index contributed by atoms with van der Waals surface area (Å²) < 4.78 is 16.5. The molecule has 0 saturated carbocycles. The highest BCUT2D eigenvalue weighted by molar-refractivity contribution is 8.07. The molecule has 0 N–H and O–H groups in total. The lowest BCUT2D eigenvalue weighted by Gasteiger charge is -2.36. The Hall–Kier alpha value is 0.270. The van der Waals surface area contributed by atoms with Gasteiger partial charge in [0.2, 0.25) is 0 Å². The van der Waals surface area contributed by atoms with Gasteiger partial charge in [0.15, 0.2) is 0 Å². The maximum atomic E-state index is 5.49. The summed E-state index contributed by atoms with van der Waals surface area (Å²) in [5.74, 6) is 0. The first-order valence-electron chi connectivity index (χ1n) is 4.57. The Morgan fingerprint density at radius 2 is 2.00 bits per heavy atom. The Bertz CT molecular complexity index is 251. The van der Waals surface area contributed by atoms with Crippen molar-refractivity contribution in [2.45, 2.75) is 26.9 Å². The summed E-state index contributed by atoms with van der Waals surface area (Å²) in [6.45, 7) is 8.31. The fraction of sp³-hybridized carbons (Fsp3) is 0.778. The van der Waals surface area contributed by atoms with Crippen LogP contribution in [0.25, 0.3) is 0 Å². The van der Waals surface area contributed by atoms with Gasteiger partial charge in [-0.05, 0) is 18.7 Å². The van der Waals surface area contributed by atoms with Gasteiger partial charge in [-0.1, -0.05) is 19.9 Å². The molecule has 3 nitrogen and oxygen atoms in total. The van der Waals surface area contributed by atoms with E-state index in [9.17, 15) is 0 Å². The van der Waals surface area contributed by atoms with Crippen molar-refractivity contribution in [3.63, 3.8) is 0 Å². The van der Waals surface area contributed by atoms with E-state index < -0.39 is 6.72 Å². The zero-order valence-corrected chi connectivity index (χ0v) is 10.6. The molecule has 1 aliphatic heterocycles. The number of rotatable bonds is 3. The largest absolute Gasteiger partial charge is 0.327 e. The van der Waals surface area contributed by atoms with Crippen molar-refractivity contribution in [2.75, 3.05) is 13.2 Å². The molecule has 0 bridgehead atoms. The van der Waals surface area contributed by atoms with Crippen molar-refractivity contribution in [1.29, 1.82) is 0 Å². The summed E-state index contributed by atoms with van der Waals surface area (Å²) in [5, 5.41) is 0. The van der Waals surface area contributed by atoms with Crippen LogP contribution in [0, 0.1) is 5.41 Å². The highest BCUT2D eigenvalue weighted by Crippen LogP contribution is 2.55. The summed E-state index contributed by atoms with van der Waals surface area (Å²) in [6.07, 6.45) is 1.56.